The molecule has 1 atom stereocenters. The van der Waals surface area contributed by atoms with Crippen molar-refractivity contribution in [1.29, 1.82) is 0 Å². The number of methoxy groups -OCH3 is 2. The minimum absolute atomic E-state index is 0.0698. The molecule has 1 aromatic heterocycles. The minimum Gasteiger partial charge on any atom is -0.494 e. The first-order valence-electron chi connectivity index (χ1n) is 12.2. The van der Waals surface area contributed by atoms with Crippen LogP contribution in [0.4, 0.5) is 0 Å². The number of ether oxygens (including phenoxy) is 4. The van der Waals surface area contributed by atoms with E-state index in [9.17, 15) is 9.59 Å². The van der Waals surface area contributed by atoms with Gasteiger partial charge in [-0.15, -0.1) is 0 Å². The van der Waals surface area contributed by atoms with Gasteiger partial charge in [-0.1, -0.05) is 40.6 Å². The van der Waals surface area contributed by atoms with E-state index in [1.165, 1.54) is 30.1 Å². The third-order valence-corrected chi connectivity index (χ3v) is 7.45. The molecule has 0 fully saturated rings. The molecule has 39 heavy (non-hydrogen) atoms. The first-order valence-corrected chi connectivity index (χ1v) is 13.7. The summed E-state index contributed by atoms with van der Waals surface area (Å²) >= 11 is 13.8. The van der Waals surface area contributed by atoms with Crippen LogP contribution in [-0.2, 0) is 9.53 Å². The highest BCUT2D eigenvalue weighted by atomic mass is 35.5. The average Bonchev–Trinajstić information content (AvgIpc) is 3.17. The van der Waals surface area contributed by atoms with Crippen LogP contribution < -0.4 is 29.1 Å². The molecule has 0 amide bonds. The van der Waals surface area contributed by atoms with E-state index in [0.717, 1.165) is 0 Å². The van der Waals surface area contributed by atoms with Gasteiger partial charge >= 0.3 is 5.97 Å². The van der Waals surface area contributed by atoms with Crippen LogP contribution >= 0.6 is 34.5 Å². The lowest BCUT2D eigenvalue weighted by molar-refractivity contribution is -0.139. The van der Waals surface area contributed by atoms with Crippen LogP contribution in [0.3, 0.4) is 0 Å². The van der Waals surface area contributed by atoms with E-state index < -0.39 is 12.0 Å². The number of benzene rings is 2. The zero-order valence-corrected chi connectivity index (χ0v) is 24.7. The standard InChI is InChI=1S/C28H28Cl2N2O6S/c1-7-37-27(34)23-15(4)31-28-32(24(23)17-8-9-20(38-14(2)3)21(13-17)35-5)26(33)22(39-28)12-16-10-18(29)25(36-6)19(30)11-16/h8-14,24H,7H2,1-6H3/b22-12-/t24-/m1/s1. The van der Waals surface area contributed by atoms with Crippen molar-refractivity contribution in [2.24, 2.45) is 4.99 Å². The van der Waals surface area contributed by atoms with Gasteiger partial charge in [-0.2, -0.15) is 0 Å². The Hall–Kier alpha value is -3.27. The summed E-state index contributed by atoms with van der Waals surface area (Å²) in [5.74, 6) is 0.831. The van der Waals surface area contributed by atoms with Gasteiger partial charge in [0.2, 0.25) is 0 Å². The molecule has 0 saturated carbocycles. The summed E-state index contributed by atoms with van der Waals surface area (Å²) < 4.78 is 23.9. The maximum Gasteiger partial charge on any atom is 0.338 e. The summed E-state index contributed by atoms with van der Waals surface area (Å²) in [4.78, 5) is 32.1. The Kier molecular flexibility index (Phi) is 8.73. The predicted octanol–water partition coefficient (Wildman–Crippen LogP) is 4.91. The number of allylic oxidation sites excluding steroid dienone is 1. The summed E-state index contributed by atoms with van der Waals surface area (Å²) in [6.45, 7) is 7.46. The molecule has 0 saturated heterocycles. The quantitative estimate of drug-likeness (QED) is 0.346. The number of nitrogens with zero attached hydrogens (tertiary/aromatic N) is 2. The van der Waals surface area contributed by atoms with Crippen molar-refractivity contribution >= 4 is 46.6 Å². The highest BCUT2D eigenvalue weighted by Gasteiger charge is 2.34. The van der Waals surface area contributed by atoms with Crippen LogP contribution in [0.5, 0.6) is 17.2 Å². The molecule has 1 aliphatic heterocycles. The van der Waals surface area contributed by atoms with Crippen molar-refractivity contribution in [2.45, 2.75) is 39.8 Å². The van der Waals surface area contributed by atoms with Gasteiger partial charge in [-0.05, 0) is 69.2 Å². The number of carbonyl (C=O) groups is 1. The summed E-state index contributed by atoms with van der Waals surface area (Å²) in [5, 5.41) is 0.635. The van der Waals surface area contributed by atoms with Crippen molar-refractivity contribution in [1.82, 2.24) is 4.57 Å². The second kappa shape index (κ2) is 11.9. The number of thiazole rings is 1. The molecule has 11 heteroatoms. The molecule has 2 heterocycles. The van der Waals surface area contributed by atoms with E-state index in [1.807, 2.05) is 19.9 Å². The van der Waals surface area contributed by atoms with Crippen LogP contribution in [-0.4, -0.2) is 37.5 Å². The lowest BCUT2D eigenvalue weighted by atomic mass is 9.95. The van der Waals surface area contributed by atoms with Crippen molar-refractivity contribution in [2.75, 3.05) is 20.8 Å². The number of hydrogen-bond donors (Lipinski definition) is 0. The van der Waals surface area contributed by atoms with Gasteiger partial charge in [0.15, 0.2) is 22.0 Å². The van der Waals surface area contributed by atoms with Gasteiger partial charge in [-0.3, -0.25) is 9.36 Å². The second-order valence-corrected chi connectivity index (χ2v) is 10.7. The lowest BCUT2D eigenvalue weighted by Crippen LogP contribution is -2.40. The number of esters is 1. The summed E-state index contributed by atoms with van der Waals surface area (Å²) in [7, 11) is 3.01. The first-order chi connectivity index (χ1) is 18.6. The summed E-state index contributed by atoms with van der Waals surface area (Å²) in [6.07, 6.45) is 1.61. The minimum atomic E-state index is -0.799. The predicted molar refractivity (Wildman–Crippen MR) is 152 cm³/mol. The Balaban J connectivity index is 1.94. The zero-order chi connectivity index (χ0) is 28.4. The monoisotopic (exact) mass is 590 g/mol. The van der Waals surface area contributed by atoms with E-state index in [-0.39, 0.29) is 23.8 Å². The van der Waals surface area contributed by atoms with Crippen molar-refractivity contribution < 1.29 is 23.7 Å². The summed E-state index contributed by atoms with van der Waals surface area (Å²) in [5.41, 5.74) is 1.66. The van der Waals surface area contributed by atoms with E-state index >= 15 is 0 Å². The van der Waals surface area contributed by atoms with Crippen LogP contribution in [0.2, 0.25) is 10.0 Å². The molecule has 8 nitrogen and oxygen atoms in total. The van der Waals surface area contributed by atoms with Crippen molar-refractivity contribution in [3.8, 4) is 17.2 Å². The Morgan fingerprint density at radius 2 is 1.82 bits per heavy atom. The average molecular weight is 592 g/mol. The van der Waals surface area contributed by atoms with Gasteiger partial charge in [0.1, 0.15) is 0 Å². The highest BCUT2D eigenvalue weighted by molar-refractivity contribution is 7.07. The Labute approximate surface area is 239 Å². The van der Waals surface area contributed by atoms with Crippen molar-refractivity contribution in [3.63, 3.8) is 0 Å². The van der Waals surface area contributed by atoms with E-state index in [2.05, 4.69) is 4.99 Å². The third-order valence-electron chi connectivity index (χ3n) is 5.91. The number of hydrogen-bond acceptors (Lipinski definition) is 8. The largest absolute Gasteiger partial charge is 0.494 e. The van der Waals surface area contributed by atoms with Gasteiger partial charge in [0.05, 0.1) is 58.8 Å². The molecule has 0 aliphatic carbocycles. The SMILES string of the molecule is CCOC(=O)C1=C(C)N=c2s/c(=C\c3cc(Cl)c(OC)c(Cl)c3)c(=O)n2[C@@H]1c1ccc(OC(C)C)c(OC)c1. The van der Waals surface area contributed by atoms with Gasteiger partial charge < -0.3 is 18.9 Å². The molecule has 0 bridgehead atoms. The van der Waals surface area contributed by atoms with Crippen LogP contribution in [0, 0.1) is 0 Å². The molecule has 0 spiro atoms. The number of carbonyl (C=O) groups excluding carboxylic acids is 1. The molecular weight excluding hydrogens is 563 g/mol. The highest BCUT2D eigenvalue weighted by Crippen LogP contribution is 2.37. The lowest BCUT2D eigenvalue weighted by Gasteiger charge is -2.25. The van der Waals surface area contributed by atoms with Gasteiger partial charge in [0, 0.05) is 0 Å². The maximum atomic E-state index is 13.9. The first kappa shape index (κ1) is 28.7. The number of fused-ring (bicyclic) bond motifs is 1. The number of halogens is 2. The molecule has 2 aromatic carbocycles. The Bertz CT molecular complexity index is 1620. The molecule has 4 rings (SSSR count). The molecule has 3 aromatic rings. The molecule has 0 unspecified atom stereocenters. The fourth-order valence-electron chi connectivity index (χ4n) is 4.32. The Morgan fingerprint density at radius 1 is 1.13 bits per heavy atom. The van der Waals surface area contributed by atoms with E-state index in [1.54, 1.807) is 44.2 Å². The molecule has 0 N–H and O–H groups in total. The van der Waals surface area contributed by atoms with Gasteiger partial charge in [0.25, 0.3) is 5.56 Å². The van der Waals surface area contributed by atoms with Crippen LogP contribution in [0.25, 0.3) is 6.08 Å². The number of aromatic nitrogens is 1. The molecule has 1 aliphatic rings. The topological polar surface area (TPSA) is 88.4 Å². The van der Waals surface area contributed by atoms with E-state index in [4.69, 9.17) is 42.1 Å². The second-order valence-electron chi connectivity index (χ2n) is 8.90. The smallest absolute Gasteiger partial charge is 0.338 e. The van der Waals surface area contributed by atoms with Crippen LogP contribution in [0.1, 0.15) is 44.9 Å². The molecular formula is C28H28Cl2N2O6S. The van der Waals surface area contributed by atoms with Crippen LogP contribution in [0.15, 0.2) is 51.4 Å². The fraction of sp³-hybridized carbons (Fsp3) is 0.321. The van der Waals surface area contributed by atoms with Gasteiger partial charge in [-0.25, -0.2) is 9.79 Å². The molecule has 0 radical (unpaired) electrons. The normalized spacial score (nSPS) is 15.2. The fourth-order valence-corrected chi connectivity index (χ4v) is 6.03. The summed E-state index contributed by atoms with van der Waals surface area (Å²) in [6, 6.07) is 7.87. The third kappa shape index (κ3) is 5.71. The maximum absolute atomic E-state index is 13.9. The van der Waals surface area contributed by atoms with E-state index in [0.29, 0.717) is 53.5 Å². The van der Waals surface area contributed by atoms with Crippen molar-refractivity contribution in [3.05, 3.63) is 82.5 Å². The number of rotatable bonds is 8. The zero-order valence-electron chi connectivity index (χ0n) is 22.3. The Morgan fingerprint density at radius 3 is 2.41 bits per heavy atom. The molecule has 206 valence electrons.